The summed E-state index contributed by atoms with van der Waals surface area (Å²) in [5, 5.41) is 0. The van der Waals surface area contributed by atoms with Crippen molar-refractivity contribution in [3.05, 3.63) is 11.6 Å². The molecule has 0 radical (unpaired) electrons. The molecule has 72 valence electrons. The van der Waals surface area contributed by atoms with E-state index in [1.165, 1.54) is 51.4 Å². The van der Waals surface area contributed by atoms with Crippen LogP contribution in [0.3, 0.4) is 0 Å². The minimum atomic E-state index is 0.378. The molecule has 0 bridgehead atoms. The van der Waals surface area contributed by atoms with Crippen LogP contribution < -0.4 is 0 Å². The van der Waals surface area contributed by atoms with Crippen molar-refractivity contribution in [1.82, 2.24) is 0 Å². The molecule has 2 atom stereocenters. The van der Waals surface area contributed by atoms with Crippen LogP contribution in [0.15, 0.2) is 11.6 Å². The molecular formula is C12H18O. The molecule has 3 rings (SSSR count). The summed E-state index contributed by atoms with van der Waals surface area (Å²) in [7, 11) is 0. The largest absolute Gasteiger partial charge is 0.366 e. The Morgan fingerprint density at radius 3 is 3.08 bits per heavy atom. The van der Waals surface area contributed by atoms with Crippen molar-refractivity contribution in [3.8, 4) is 0 Å². The van der Waals surface area contributed by atoms with Crippen LogP contribution >= 0.6 is 0 Å². The third kappa shape index (κ3) is 1.34. The van der Waals surface area contributed by atoms with E-state index in [9.17, 15) is 0 Å². The van der Waals surface area contributed by atoms with E-state index in [0.29, 0.717) is 11.7 Å². The predicted octanol–water partition coefficient (Wildman–Crippen LogP) is 3.20. The normalized spacial score (nSPS) is 41.8. The van der Waals surface area contributed by atoms with E-state index in [1.54, 1.807) is 5.57 Å². The van der Waals surface area contributed by atoms with Gasteiger partial charge in [-0.1, -0.05) is 11.6 Å². The molecule has 3 aliphatic rings. The van der Waals surface area contributed by atoms with Gasteiger partial charge in [-0.25, -0.2) is 0 Å². The minimum Gasteiger partial charge on any atom is -0.366 e. The van der Waals surface area contributed by atoms with E-state index >= 15 is 0 Å². The van der Waals surface area contributed by atoms with Gasteiger partial charge < -0.3 is 4.74 Å². The van der Waals surface area contributed by atoms with E-state index < -0.39 is 0 Å². The van der Waals surface area contributed by atoms with Gasteiger partial charge >= 0.3 is 0 Å². The lowest BCUT2D eigenvalue weighted by atomic mass is 9.97. The molecule has 1 heteroatoms. The molecule has 1 nitrogen and oxygen atoms in total. The summed E-state index contributed by atoms with van der Waals surface area (Å²) in [5.74, 6) is 0. The first-order valence-corrected chi connectivity index (χ1v) is 5.75. The Morgan fingerprint density at radius 1 is 1.46 bits per heavy atom. The number of hydrogen-bond acceptors (Lipinski definition) is 1. The second-order valence-electron chi connectivity index (χ2n) is 4.82. The maximum absolute atomic E-state index is 5.77. The molecular weight excluding hydrogens is 160 g/mol. The van der Waals surface area contributed by atoms with Crippen molar-refractivity contribution in [2.75, 3.05) is 0 Å². The number of allylic oxidation sites excluding steroid dienone is 2. The smallest absolute Gasteiger partial charge is 0.0951 e. The highest BCUT2D eigenvalue weighted by molar-refractivity contribution is 5.13. The van der Waals surface area contributed by atoms with Crippen molar-refractivity contribution >= 4 is 0 Å². The summed E-state index contributed by atoms with van der Waals surface area (Å²) in [6.07, 6.45) is 13.9. The lowest BCUT2D eigenvalue weighted by Crippen LogP contribution is -2.09. The monoisotopic (exact) mass is 178 g/mol. The van der Waals surface area contributed by atoms with E-state index in [2.05, 4.69) is 6.08 Å². The molecule has 2 aliphatic carbocycles. The van der Waals surface area contributed by atoms with Crippen LogP contribution in [0, 0.1) is 0 Å². The summed E-state index contributed by atoms with van der Waals surface area (Å²) >= 11 is 0. The molecule has 1 heterocycles. The van der Waals surface area contributed by atoms with Gasteiger partial charge in [0.05, 0.1) is 11.7 Å². The molecule has 0 spiro atoms. The summed E-state index contributed by atoms with van der Waals surface area (Å²) in [5.41, 5.74) is 2.08. The standard InChI is InChI=1S/C12H18O/c1-2-5-10(4-1)7-9-12-8-3-6-11(12)13-12/h4,11H,1-3,5-9H2. The third-order valence-electron chi connectivity index (χ3n) is 3.98. The zero-order valence-electron chi connectivity index (χ0n) is 8.22. The molecule has 0 amide bonds. The maximum Gasteiger partial charge on any atom is 0.0951 e. The summed E-state index contributed by atoms with van der Waals surface area (Å²) in [6, 6.07) is 0. The molecule has 0 aromatic heterocycles. The van der Waals surface area contributed by atoms with Gasteiger partial charge in [-0.3, -0.25) is 0 Å². The highest BCUT2D eigenvalue weighted by Gasteiger charge is 2.58. The number of rotatable bonds is 3. The minimum absolute atomic E-state index is 0.378. The fraction of sp³-hybridized carbons (Fsp3) is 0.833. The van der Waals surface area contributed by atoms with Crippen molar-refractivity contribution in [2.45, 2.75) is 63.1 Å². The van der Waals surface area contributed by atoms with Crippen LogP contribution in [0.25, 0.3) is 0 Å². The maximum atomic E-state index is 5.77. The zero-order valence-corrected chi connectivity index (χ0v) is 8.22. The van der Waals surface area contributed by atoms with Crippen molar-refractivity contribution < 1.29 is 4.74 Å². The first-order chi connectivity index (χ1) is 6.39. The van der Waals surface area contributed by atoms with Crippen LogP contribution in [-0.2, 0) is 4.74 Å². The van der Waals surface area contributed by atoms with Crippen molar-refractivity contribution in [3.63, 3.8) is 0 Å². The van der Waals surface area contributed by atoms with Gasteiger partial charge in [0.15, 0.2) is 0 Å². The summed E-state index contributed by atoms with van der Waals surface area (Å²) in [4.78, 5) is 0. The Labute approximate surface area is 80.2 Å². The molecule has 1 aliphatic heterocycles. The van der Waals surface area contributed by atoms with Crippen LogP contribution in [0.4, 0.5) is 0 Å². The van der Waals surface area contributed by atoms with Gasteiger partial charge in [0.2, 0.25) is 0 Å². The Morgan fingerprint density at radius 2 is 2.46 bits per heavy atom. The highest BCUT2D eigenvalue weighted by Crippen LogP contribution is 2.53. The SMILES string of the molecule is C1=C(CCC23CCCC2O3)CCC1. The number of hydrogen-bond donors (Lipinski definition) is 0. The van der Waals surface area contributed by atoms with Crippen LogP contribution in [0.5, 0.6) is 0 Å². The second-order valence-corrected chi connectivity index (χ2v) is 4.82. The van der Waals surface area contributed by atoms with E-state index in [-0.39, 0.29) is 0 Å². The average Bonchev–Trinajstić information content (AvgIpc) is 2.61. The third-order valence-corrected chi connectivity index (χ3v) is 3.98. The first-order valence-electron chi connectivity index (χ1n) is 5.75. The Kier molecular flexibility index (Phi) is 1.76. The van der Waals surface area contributed by atoms with Gasteiger partial charge in [-0.15, -0.1) is 0 Å². The number of epoxide rings is 1. The van der Waals surface area contributed by atoms with E-state index in [4.69, 9.17) is 4.74 Å². The Hall–Kier alpha value is -0.300. The number of fused-ring (bicyclic) bond motifs is 1. The molecule has 1 saturated heterocycles. The Balaban J connectivity index is 1.53. The molecule has 1 saturated carbocycles. The molecule has 0 aromatic carbocycles. The summed E-state index contributed by atoms with van der Waals surface area (Å²) < 4.78 is 5.77. The van der Waals surface area contributed by atoms with E-state index in [0.717, 1.165) is 0 Å². The number of ether oxygens (including phenoxy) is 1. The van der Waals surface area contributed by atoms with Gasteiger partial charge in [0.1, 0.15) is 0 Å². The average molecular weight is 178 g/mol. The quantitative estimate of drug-likeness (QED) is 0.477. The van der Waals surface area contributed by atoms with Crippen LogP contribution in [-0.4, -0.2) is 11.7 Å². The van der Waals surface area contributed by atoms with Crippen LogP contribution in [0.2, 0.25) is 0 Å². The molecule has 2 unspecified atom stereocenters. The van der Waals surface area contributed by atoms with Gasteiger partial charge in [0.25, 0.3) is 0 Å². The van der Waals surface area contributed by atoms with E-state index in [1.807, 2.05) is 0 Å². The van der Waals surface area contributed by atoms with Gasteiger partial charge in [-0.05, 0) is 51.4 Å². The first kappa shape index (κ1) is 8.05. The topological polar surface area (TPSA) is 12.5 Å². The van der Waals surface area contributed by atoms with Crippen molar-refractivity contribution in [2.24, 2.45) is 0 Å². The van der Waals surface area contributed by atoms with Crippen molar-refractivity contribution in [1.29, 1.82) is 0 Å². The fourth-order valence-corrected chi connectivity index (χ4v) is 3.06. The predicted molar refractivity (Wildman–Crippen MR) is 52.6 cm³/mol. The molecule has 0 aromatic rings. The summed E-state index contributed by atoms with van der Waals surface area (Å²) in [6.45, 7) is 0. The zero-order chi connectivity index (χ0) is 8.73. The highest BCUT2D eigenvalue weighted by atomic mass is 16.6. The molecule has 0 N–H and O–H groups in total. The van der Waals surface area contributed by atoms with Gasteiger partial charge in [-0.2, -0.15) is 0 Å². The fourth-order valence-electron chi connectivity index (χ4n) is 3.06. The molecule has 13 heavy (non-hydrogen) atoms. The molecule has 2 fully saturated rings. The van der Waals surface area contributed by atoms with Crippen LogP contribution in [0.1, 0.15) is 51.4 Å². The Bertz CT molecular complexity index is 244. The lowest BCUT2D eigenvalue weighted by Gasteiger charge is -2.08. The lowest BCUT2D eigenvalue weighted by molar-refractivity contribution is 0.241. The van der Waals surface area contributed by atoms with Gasteiger partial charge in [0, 0.05) is 0 Å². The second kappa shape index (κ2) is 2.84.